The maximum Gasteiger partial charge on any atom is 0.336 e. The number of Topliss-reactive ketones (excluding diaryl/α,β-unsaturated/α-hetero) is 1. The number of nitrogens with zero attached hydrogens (tertiary/aromatic N) is 1. The van der Waals surface area contributed by atoms with Gasteiger partial charge in [-0.2, -0.15) is 0 Å². The van der Waals surface area contributed by atoms with E-state index in [-0.39, 0.29) is 19.0 Å². The predicted octanol–water partition coefficient (Wildman–Crippen LogP) is 4.68. The van der Waals surface area contributed by atoms with E-state index in [0.717, 1.165) is 10.4 Å². The molecule has 1 fully saturated rings. The zero-order valence-corrected chi connectivity index (χ0v) is 21.1. The molecule has 1 aromatic heterocycles. The first-order valence-electron chi connectivity index (χ1n) is 11.7. The van der Waals surface area contributed by atoms with Gasteiger partial charge in [-0.3, -0.25) is 14.6 Å². The molecule has 1 aliphatic carbocycles. The lowest BCUT2D eigenvalue weighted by atomic mass is 9.63. The van der Waals surface area contributed by atoms with E-state index in [9.17, 15) is 14.4 Å². The van der Waals surface area contributed by atoms with Gasteiger partial charge in [0.2, 0.25) is 0 Å². The number of hydrogen-bond donors (Lipinski definition) is 0. The molecule has 7 nitrogen and oxygen atoms in total. The quantitative estimate of drug-likeness (QED) is 0.409. The first-order valence-corrected chi connectivity index (χ1v) is 12.6. The number of ketones is 1. The van der Waals surface area contributed by atoms with Gasteiger partial charge in [-0.15, -0.1) is 11.3 Å². The number of ether oxygens (including phenoxy) is 3. The van der Waals surface area contributed by atoms with Crippen molar-refractivity contribution in [3.8, 4) is 5.75 Å². The summed E-state index contributed by atoms with van der Waals surface area (Å²) >= 11 is 1.47. The van der Waals surface area contributed by atoms with Crippen molar-refractivity contribution in [3.63, 3.8) is 0 Å². The Hall–Kier alpha value is -3.26. The smallest absolute Gasteiger partial charge is 0.336 e. The molecule has 35 heavy (non-hydrogen) atoms. The van der Waals surface area contributed by atoms with Gasteiger partial charge >= 0.3 is 11.9 Å². The maximum absolute atomic E-state index is 14.1. The van der Waals surface area contributed by atoms with Crippen LogP contribution in [-0.4, -0.2) is 43.8 Å². The van der Waals surface area contributed by atoms with E-state index in [1.807, 2.05) is 41.8 Å². The number of thiophene rings is 1. The summed E-state index contributed by atoms with van der Waals surface area (Å²) in [6.07, 6.45) is 0.404. The molecule has 0 bridgehead atoms. The Labute approximate surface area is 208 Å². The monoisotopic (exact) mass is 495 g/mol. The van der Waals surface area contributed by atoms with Crippen LogP contribution in [0.25, 0.3) is 0 Å². The molecule has 2 aliphatic rings. The fourth-order valence-electron chi connectivity index (χ4n) is 5.10. The van der Waals surface area contributed by atoms with Crippen LogP contribution in [0.1, 0.15) is 49.5 Å². The first kappa shape index (κ1) is 24.9. The molecular formula is C27H29NO6S. The molecule has 184 valence electrons. The van der Waals surface area contributed by atoms with Gasteiger partial charge in [0, 0.05) is 28.1 Å². The van der Waals surface area contributed by atoms with Crippen molar-refractivity contribution in [3.05, 3.63) is 63.5 Å². The van der Waals surface area contributed by atoms with Crippen molar-refractivity contribution in [2.24, 2.45) is 16.8 Å². The summed E-state index contributed by atoms with van der Waals surface area (Å²) in [4.78, 5) is 45.9. The van der Waals surface area contributed by atoms with Crippen LogP contribution < -0.4 is 4.74 Å². The fourth-order valence-corrected chi connectivity index (χ4v) is 5.97. The van der Waals surface area contributed by atoms with Crippen LogP contribution in [0.5, 0.6) is 5.75 Å². The molecule has 8 heteroatoms. The van der Waals surface area contributed by atoms with E-state index in [2.05, 4.69) is 0 Å². The Kier molecular flexibility index (Phi) is 7.50. The van der Waals surface area contributed by atoms with Gasteiger partial charge in [-0.1, -0.05) is 18.2 Å². The lowest BCUT2D eigenvalue weighted by molar-refractivity contribution is -0.153. The van der Waals surface area contributed by atoms with Gasteiger partial charge in [-0.25, -0.2) is 4.79 Å². The number of carbonyl (C=O) groups excluding carboxylic acids is 3. The molecule has 1 saturated carbocycles. The number of carbonyl (C=O) groups is 3. The van der Waals surface area contributed by atoms with Crippen molar-refractivity contribution in [2.75, 3.05) is 20.3 Å². The van der Waals surface area contributed by atoms with E-state index in [0.29, 0.717) is 29.2 Å². The van der Waals surface area contributed by atoms with Gasteiger partial charge in [0.05, 0.1) is 31.8 Å². The van der Waals surface area contributed by atoms with Gasteiger partial charge < -0.3 is 14.2 Å². The third-order valence-corrected chi connectivity index (χ3v) is 7.53. The van der Waals surface area contributed by atoms with Crippen LogP contribution in [0.15, 0.2) is 58.0 Å². The summed E-state index contributed by atoms with van der Waals surface area (Å²) in [5, 5.41) is 1.91. The molecule has 0 N–H and O–H groups in total. The van der Waals surface area contributed by atoms with Crippen molar-refractivity contribution < 1.29 is 28.6 Å². The molecule has 0 amide bonds. The van der Waals surface area contributed by atoms with Gasteiger partial charge in [0.25, 0.3) is 0 Å². The van der Waals surface area contributed by atoms with Crippen LogP contribution in [-0.2, 0) is 23.9 Å². The van der Waals surface area contributed by atoms with Crippen molar-refractivity contribution >= 4 is 34.8 Å². The number of hydrogen-bond acceptors (Lipinski definition) is 8. The molecule has 1 unspecified atom stereocenters. The Morgan fingerprint density at radius 1 is 1.06 bits per heavy atom. The molecule has 0 saturated heterocycles. The Balaban J connectivity index is 1.84. The topological polar surface area (TPSA) is 91.3 Å². The third kappa shape index (κ3) is 4.67. The number of esters is 2. The highest BCUT2D eigenvalue weighted by Crippen LogP contribution is 2.49. The van der Waals surface area contributed by atoms with Crippen LogP contribution in [0, 0.1) is 11.8 Å². The molecular weight excluding hydrogens is 466 g/mol. The van der Waals surface area contributed by atoms with Crippen molar-refractivity contribution in [2.45, 2.75) is 39.0 Å². The average Bonchev–Trinajstić information content (AvgIpc) is 3.38. The highest BCUT2D eigenvalue weighted by molar-refractivity contribution is 7.10. The summed E-state index contributed by atoms with van der Waals surface area (Å²) < 4.78 is 16.0. The van der Waals surface area contributed by atoms with Crippen molar-refractivity contribution in [1.29, 1.82) is 0 Å². The molecule has 1 aliphatic heterocycles. The number of rotatable bonds is 7. The number of methoxy groups -OCH3 is 1. The third-order valence-electron chi connectivity index (χ3n) is 6.58. The average molecular weight is 496 g/mol. The number of allylic oxidation sites excluding steroid dienone is 1. The van der Waals surface area contributed by atoms with E-state index in [1.54, 1.807) is 27.9 Å². The summed E-state index contributed by atoms with van der Waals surface area (Å²) in [6, 6.07) is 11.2. The standard InChI is InChI=1S/C27H29NO6S/c1-5-33-26(30)21-15(3)28-19-14-18(16-9-11-17(32-4)12-10-16)22(27(31)34-6-2)25(29)23(19)24(21)20-8-7-13-35-20/h7-13,18,22-24H,5-6,14H2,1-4H3/t18-,22+,23?,24-/m1/s1. The minimum atomic E-state index is -1.00. The Morgan fingerprint density at radius 2 is 1.77 bits per heavy atom. The zero-order valence-electron chi connectivity index (χ0n) is 20.3. The van der Waals surface area contributed by atoms with Gasteiger partial charge in [0.15, 0.2) is 5.78 Å². The molecule has 0 radical (unpaired) electrons. The minimum Gasteiger partial charge on any atom is -0.497 e. The number of benzene rings is 1. The molecule has 4 atom stereocenters. The van der Waals surface area contributed by atoms with Gasteiger partial charge in [0.1, 0.15) is 11.7 Å². The lowest BCUT2D eigenvalue weighted by Crippen LogP contribution is -2.48. The Bertz CT molecular complexity index is 1160. The van der Waals surface area contributed by atoms with Crippen LogP contribution in [0.2, 0.25) is 0 Å². The van der Waals surface area contributed by atoms with Crippen LogP contribution in [0.3, 0.4) is 0 Å². The highest BCUT2D eigenvalue weighted by Gasteiger charge is 2.53. The van der Waals surface area contributed by atoms with Crippen molar-refractivity contribution in [1.82, 2.24) is 0 Å². The number of fused-ring (bicyclic) bond motifs is 1. The highest BCUT2D eigenvalue weighted by atomic mass is 32.1. The number of aliphatic imine (C=N–C) groups is 1. The second-order valence-electron chi connectivity index (χ2n) is 8.51. The normalized spacial score (nSPS) is 23.9. The van der Waals surface area contributed by atoms with E-state index in [1.165, 1.54) is 11.3 Å². The van der Waals surface area contributed by atoms with E-state index >= 15 is 0 Å². The molecule has 2 heterocycles. The minimum absolute atomic E-state index is 0.172. The predicted molar refractivity (Wildman–Crippen MR) is 133 cm³/mol. The fraction of sp³-hybridized carbons (Fsp3) is 0.407. The summed E-state index contributed by atoms with van der Waals surface area (Å²) in [7, 11) is 1.59. The Morgan fingerprint density at radius 3 is 2.37 bits per heavy atom. The van der Waals surface area contributed by atoms with Crippen LogP contribution >= 0.6 is 11.3 Å². The summed E-state index contributed by atoms with van der Waals surface area (Å²) in [5.41, 5.74) is 2.44. The first-order chi connectivity index (χ1) is 16.9. The molecule has 0 spiro atoms. The zero-order chi connectivity index (χ0) is 25.1. The molecule has 4 rings (SSSR count). The summed E-state index contributed by atoms with van der Waals surface area (Å²) in [6.45, 7) is 5.63. The van der Waals surface area contributed by atoms with E-state index < -0.39 is 35.6 Å². The maximum atomic E-state index is 14.1. The second kappa shape index (κ2) is 10.6. The van der Waals surface area contributed by atoms with Crippen LogP contribution in [0.4, 0.5) is 0 Å². The summed E-state index contributed by atoms with van der Waals surface area (Å²) in [5.74, 6) is -3.34. The lowest BCUT2D eigenvalue weighted by Gasteiger charge is -2.40. The second-order valence-corrected chi connectivity index (χ2v) is 9.49. The molecule has 1 aromatic carbocycles. The largest absolute Gasteiger partial charge is 0.497 e. The van der Waals surface area contributed by atoms with E-state index in [4.69, 9.17) is 19.2 Å². The van der Waals surface area contributed by atoms with Gasteiger partial charge in [-0.05, 0) is 56.3 Å². The SMILES string of the molecule is CCOC(=O)C1=C(C)N=C2C[C@H](c3ccc(OC)cc3)[C@H](C(=O)OCC)C(=O)C2[C@@H]1c1cccs1. The molecule has 2 aromatic rings.